The van der Waals surface area contributed by atoms with Crippen LogP contribution in [0, 0.1) is 0 Å². The third-order valence-corrected chi connectivity index (χ3v) is 1.14. The lowest BCUT2D eigenvalue weighted by atomic mass is 10.8. The number of hydrogen-bond acceptors (Lipinski definition) is 4. The van der Waals surface area contributed by atoms with Crippen molar-refractivity contribution in [1.82, 2.24) is 10.3 Å². The topological polar surface area (TPSA) is 106 Å². The fourth-order valence-electron chi connectivity index (χ4n) is 0.586. The predicted molar refractivity (Wildman–Crippen MR) is 46.2 cm³/mol. The SMILES string of the molecule is CN=C(N)NC(=O)Nc1ncco1. The van der Waals surface area contributed by atoms with Crippen LogP contribution in [0.4, 0.5) is 10.8 Å². The Morgan fingerprint density at radius 3 is 3.08 bits per heavy atom. The van der Waals surface area contributed by atoms with Crippen molar-refractivity contribution in [1.29, 1.82) is 0 Å². The summed E-state index contributed by atoms with van der Waals surface area (Å²) in [6, 6.07) is -0.452. The molecule has 4 N–H and O–H groups in total. The number of carbonyl (C=O) groups excluding carboxylic acids is 1. The van der Waals surface area contributed by atoms with Gasteiger partial charge in [0, 0.05) is 7.05 Å². The van der Waals surface area contributed by atoms with E-state index in [4.69, 9.17) is 10.2 Å². The third-order valence-electron chi connectivity index (χ3n) is 1.14. The van der Waals surface area contributed by atoms with E-state index in [0.717, 1.165) is 0 Å². The first-order chi connectivity index (χ1) is 6.22. The van der Waals surface area contributed by atoms with E-state index in [9.17, 15) is 4.79 Å². The summed E-state index contributed by atoms with van der Waals surface area (Å²) in [6.07, 6.45) is 2.75. The van der Waals surface area contributed by atoms with Crippen molar-refractivity contribution in [2.24, 2.45) is 10.7 Å². The quantitative estimate of drug-likeness (QED) is 0.412. The molecule has 0 fully saturated rings. The van der Waals surface area contributed by atoms with Gasteiger partial charge in [-0.2, -0.15) is 0 Å². The zero-order chi connectivity index (χ0) is 9.68. The molecule has 1 aromatic rings. The average molecular weight is 183 g/mol. The van der Waals surface area contributed by atoms with Crippen molar-refractivity contribution < 1.29 is 9.21 Å². The van der Waals surface area contributed by atoms with Gasteiger partial charge in [-0.15, -0.1) is 0 Å². The fourth-order valence-corrected chi connectivity index (χ4v) is 0.586. The van der Waals surface area contributed by atoms with Gasteiger partial charge >= 0.3 is 12.0 Å². The van der Waals surface area contributed by atoms with Gasteiger partial charge in [0.2, 0.25) is 0 Å². The van der Waals surface area contributed by atoms with Gasteiger partial charge in [0.25, 0.3) is 0 Å². The Morgan fingerprint density at radius 1 is 1.77 bits per heavy atom. The number of carbonyl (C=O) groups is 1. The molecule has 70 valence electrons. The molecule has 13 heavy (non-hydrogen) atoms. The van der Waals surface area contributed by atoms with Crippen molar-refractivity contribution >= 4 is 18.0 Å². The normalized spacial score (nSPS) is 11.0. The van der Waals surface area contributed by atoms with Crippen LogP contribution in [0.3, 0.4) is 0 Å². The number of aliphatic imine (C=N–C) groups is 1. The van der Waals surface area contributed by atoms with Crippen molar-refractivity contribution in [3.63, 3.8) is 0 Å². The monoisotopic (exact) mass is 183 g/mol. The Hall–Kier alpha value is -2.05. The second-order valence-corrected chi connectivity index (χ2v) is 2.03. The highest BCUT2D eigenvalue weighted by Crippen LogP contribution is 1.99. The van der Waals surface area contributed by atoms with Gasteiger partial charge in [0.1, 0.15) is 6.26 Å². The van der Waals surface area contributed by atoms with Crippen LogP contribution in [0.2, 0.25) is 0 Å². The maximum absolute atomic E-state index is 11.0. The molecule has 2 amide bonds. The molecule has 0 spiro atoms. The molecule has 0 aromatic carbocycles. The second-order valence-electron chi connectivity index (χ2n) is 2.03. The smallest absolute Gasteiger partial charge is 0.329 e. The molecule has 7 heteroatoms. The molecular formula is C6H9N5O2. The van der Waals surface area contributed by atoms with E-state index in [-0.39, 0.29) is 12.0 Å². The van der Waals surface area contributed by atoms with Gasteiger partial charge in [0.05, 0.1) is 6.20 Å². The summed E-state index contributed by atoms with van der Waals surface area (Å²) in [5.41, 5.74) is 5.23. The van der Waals surface area contributed by atoms with Gasteiger partial charge in [0.15, 0.2) is 5.96 Å². The highest BCUT2D eigenvalue weighted by Gasteiger charge is 2.04. The van der Waals surface area contributed by atoms with E-state index in [1.807, 2.05) is 0 Å². The summed E-state index contributed by atoms with van der Waals surface area (Å²) in [5.74, 6) is 0.0176. The summed E-state index contributed by atoms with van der Waals surface area (Å²) in [5, 5.41) is 4.54. The first-order valence-corrected chi connectivity index (χ1v) is 3.42. The molecule has 0 atom stereocenters. The van der Waals surface area contributed by atoms with Crippen LogP contribution in [0.1, 0.15) is 0 Å². The van der Waals surface area contributed by atoms with Gasteiger partial charge in [-0.05, 0) is 0 Å². The highest BCUT2D eigenvalue weighted by atomic mass is 16.4. The van der Waals surface area contributed by atoms with Crippen molar-refractivity contribution in [2.45, 2.75) is 0 Å². The Kier molecular flexibility index (Phi) is 2.85. The van der Waals surface area contributed by atoms with Gasteiger partial charge in [-0.1, -0.05) is 0 Å². The van der Waals surface area contributed by atoms with Crippen LogP contribution in [0.15, 0.2) is 21.9 Å². The van der Waals surface area contributed by atoms with E-state index >= 15 is 0 Å². The third kappa shape index (κ3) is 2.81. The molecule has 0 radical (unpaired) electrons. The number of nitrogens with one attached hydrogen (secondary N) is 2. The largest absolute Gasteiger partial charge is 0.432 e. The van der Waals surface area contributed by atoms with Gasteiger partial charge in [-0.3, -0.25) is 15.6 Å². The number of amides is 2. The van der Waals surface area contributed by atoms with E-state index < -0.39 is 6.03 Å². The molecule has 0 unspecified atom stereocenters. The van der Waals surface area contributed by atoms with E-state index in [2.05, 4.69) is 20.6 Å². The van der Waals surface area contributed by atoms with Crippen molar-refractivity contribution in [3.05, 3.63) is 12.5 Å². The first-order valence-electron chi connectivity index (χ1n) is 3.42. The highest BCUT2D eigenvalue weighted by molar-refractivity contribution is 6.00. The lowest BCUT2D eigenvalue weighted by Gasteiger charge is -2.01. The molecule has 7 nitrogen and oxygen atoms in total. The van der Waals surface area contributed by atoms with Crippen LogP contribution in [-0.2, 0) is 0 Å². The van der Waals surface area contributed by atoms with Gasteiger partial charge in [-0.25, -0.2) is 9.78 Å². The Balaban J connectivity index is 2.43. The van der Waals surface area contributed by atoms with Crippen molar-refractivity contribution in [2.75, 3.05) is 12.4 Å². The van der Waals surface area contributed by atoms with Crippen LogP contribution < -0.4 is 16.4 Å². The summed E-state index contributed by atoms with van der Waals surface area (Å²) < 4.78 is 4.76. The predicted octanol–water partition coefficient (Wildman–Crippen LogP) is -0.259. The van der Waals surface area contributed by atoms with Crippen molar-refractivity contribution in [3.8, 4) is 0 Å². The Bertz CT molecular complexity index is 305. The molecule has 0 bridgehead atoms. The lowest BCUT2D eigenvalue weighted by molar-refractivity contribution is 0.255. The van der Waals surface area contributed by atoms with Crippen LogP contribution in [0.5, 0.6) is 0 Å². The summed E-state index contributed by atoms with van der Waals surface area (Å²) in [4.78, 5) is 18.2. The van der Waals surface area contributed by atoms with E-state index in [1.54, 1.807) is 0 Å². The van der Waals surface area contributed by atoms with Crippen LogP contribution in [0.25, 0.3) is 0 Å². The Labute approximate surface area is 74.0 Å². The minimum atomic E-state index is -0.550. The fraction of sp³-hybridized carbons (Fsp3) is 0.167. The first kappa shape index (κ1) is 9.04. The molecule has 0 aliphatic carbocycles. The number of oxazole rings is 1. The molecule has 1 rings (SSSR count). The van der Waals surface area contributed by atoms with E-state index in [0.29, 0.717) is 0 Å². The number of rotatable bonds is 1. The number of guanidine groups is 1. The van der Waals surface area contributed by atoms with Crippen LogP contribution >= 0.6 is 0 Å². The minimum Gasteiger partial charge on any atom is -0.432 e. The second kappa shape index (κ2) is 4.10. The molecule has 0 saturated carbocycles. The molecule has 0 aliphatic heterocycles. The maximum atomic E-state index is 11.0. The number of nitrogens with zero attached hydrogens (tertiary/aromatic N) is 2. The molecule has 1 aromatic heterocycles. The Morgan fingerprint density at radius 2 is 2.54 bits per heavy atom. The average Bonchev–Trinajstić information content (AvgIpc) is 2.56. The zero-order valence-corrected chi connectivity index (χ0v) is 6.94. The lowest BCUT2D eigenvalue weighted by Crippen LogP contribution is -2.39. The number of anilines is 1. The molecule has 1 heterocycles. The maximum Gasteiger partial charge on any atom is 0.329 e. The number of nitrogens with two attached hydrogens (primary N) is 1. The summed E-state index contributed by atoms with van der Waals surface area (Å²) >= 11 is 0. The summed E-state index contributed by atoms with van der Waals surface area (Å²) in [6.45, 7) is 0. The summed E-state index contributed by atoms with van der Waals surface area (Å²) in [7, 11) is 1.46. The van der Waals surface area contributed by atoms with Crippen LogP contribution in [-0.4, -0.2) is 24.0 Å². The van der Waals surface area contributed by atoms with E-state index in [1.165, 1.54) is 19.5 Å². The number of hydrogen-bond donors (Lipinski definition) is 3. The number of aromatic nitrogens is 1. The standard InChI is InChI=1S/C6H9N5O2/c1-8-4(7)10-5(12)11-6-9-2-3-13-6/h2-3H,1H3,(H4,7,8,9,10,11,12). The van der Waals surface area contributed by atoms with Gasteiger partial charge < -0.3 is 10.2 Å². The molecule has 0 aliphatic rings. The molecular weight excluding hydrogens is 174 g/mol. The minimum absolute atomic E-state index is 0.0176. The molecule has 0 saturated heterocycles. The zero-order valence-electron chi connectivity index (χ0n) is 6.94. The number of urea groups is 1.